The maximum Gasteiger partial charge on any atom is 0.246 e. The Morgan fingerprint density at radius 1 is 1.39 bits per heavy atom. The van der Waals surface area contributed by atoms with Crippen LogP contribution in [-0.4, -0.2) is 18.6 Å². The normalized spacial score (nSPS) is 11.2. The molecule has 0 atom stereocenters. The van der Waals surface area contributed by atoms with Crippen molar-refractivity contribution in [2.75, 3.05) is 13.7 Å². The Kier molecular flexibility index (Phi) is 5.17. The maximum absolute atomic E-state index is 10.7. The Balaban J connectivity index is 3.08. The Morgan fingerprint density at radius 3 is 2.61 bits per heavy atom. The van der Waals surface area contributed by atoms with Gasteiger partial charge in [-0.2, -0.15) is 0 Å². The first-order valence-electron chi connectivity index (χ1n) is 5.78. The van der Waals surface area contributed by atoms with Gasteiger partial charge in [0.1, 0.15) is 0 Å². The maximum atomic E-state index is 10.7. The van der Waals surface area contributed by atoms with Crippen molar-refractivity contribution in [1.29, 1.82) is 0 Å². The number of hydrogen-bond acceptors (Lipinski definition) is 4. The van der Waals surface area contributed by atoms with Crippen molar-refractivity contribution in [2.45, 2.75) is 20.3 Å². The lowest BCUT2D eigenvalue weighted by Gasteiger charge is -2.09. The number of methoxy groups -OCH3 is 1. The van der Waals surface area contributed by atoms with Gasteiger partial charge in [-0.25, -0.2) is 0 Å². The molecule has 0 aromatic heterocycles. The van der Waals surface area contributed by atoms with Crippen molar-refractivity contribution in [3.05, 3.63) is 39.6 Å². The number of nitrogens with zero attached hydrogens (tertiary/aromatic N) is 1. The predicted molar refractivity (Wildman–Crippen MR) is 69.4 cm³/mol. The van der Waals surface area contributed by atoms with Crippen LogP contribution in [-0.2, 0) is 0 Å². The number of nitro groups is 1. The first-order chi connectivity index (χ1) is 8.62. The number of hydrogen-bond donors (Lipinski definition) is 0. The van der Waals surface area contributed by atoms with E-state index in [4.69, 9.17) is 9.47 Å². The summed E-state index contributed by atoms with van der Waals surface area (Å²) < 4.78 is 10.6. The molecule has 0 fully saturated rings. The third-order valence-electron chi connectivity index (χ3n) is 2.42. The summed E-state index contributed by atoms with van der Waals surface area (Å²) in [5.41, 5.74) is 0.894. The topological polar surface area (TPSA) is 61.6 Å². The third-order valence-corrected chi connectivity index (χ3v) is 2.42. The molecule has 0 unspecified atom stereocenters. The van der Waals surface area contributed by atoms with E-state index in [2.05, 4.69) is 0 Å². The average molecular weight is 251 g/mol. The number of benzene rings is 1. The minimum Gasteiger partial charge on any atom is -0.493 e. The minimum absolute atomic E-state index is 0.168. The summed E-state index contributed by atoms with van der Waals surface area (Å²) in [5, 5.41) is 10.7. The molecule has 0 aliphatic heterocycles. The van der Waals surface area contributed by atoms with E-state index in [1.807, 2.05) is 6.92 Å². The van der Waals surface area contributed by atoms with E-state index in [1.54, 1.807) is 32.2 Å². The van der Waals surface area contributed by atoms with Crippen LogP contribution in [0.25, 0.3) is 6.08 Å². The summed E-state index contributed by atoms with van der Waals surface area (Å²) in [5.74, 6) is 1.21. The number of rotatable bonds is 6. The zero-order valence-electron chi connectivity index (χ0n) is 10.8. The largest absolute Gasteiger partial charge is 0.493 e. The number of ether oxygens (including phenoxy) is 2. The second kappa shape index (κ2) is 6.64. The summed E-state index contributed by atoms with van der Waals surface area (Å²) in [6.07, 6.45) is 1.92. The van der Waals surface area contributed by atoms with Crippen LogP contribution in [0.2, 0.25) is 0 Å². The van der Waals surface area contributed by atoms with Gasteiger partial charge >= 0.3 is 0 Å². The van der Waals surface area contributed by atoms with Crippen LogP contribution in [0.4, 0.5) is 0 Å². The standard InChI is InChI=1S/C13H17NO4/c1-4-11(14(15)16)8-10-6-7-12(18-5-2)13(9-10)17-3/h6-9H,4-5H2,1-3H3. The van der Waals surface area contributed by atoms with Gasteiger partial charge in [-0.3, -0.25) is 10.1 Å². The van der Waals surface area contributed by atoms with E-state index < -0.39 is 0 Å². The summed E-state index contributed by atoms with van der Waals surface area (Å²) in [6, 6.07) is 5.25. The molecule has 1 rings (SSSR count). The third kappa shape index (κ3) is 3.48. The van der Waals surface area contributed by atoms with Crippen LogP contribution >= 0.6 is 0 Å². The van der Waals surface area contributed by atoms with Crippen LogP contribution in [0.15, 0.2) is 23.9 Å². The van der Waals surface area contributed by atoms with E-state index in [9.17, 15) is 10.1 Å². The fourth-order valence-corrected chi connectivity index (χ4v) is 1.52. The summed E-state index contributed by atoms with van der Waals surface area (Å²) in [7, 11) is 1.54. The molecule has 0 saturated heterocycles. The molecule has 18 heavy (non-hydrogen) atoms. The second-order valence-corrected chi connectivity index (χ2v) is 3.59. The first kappa shape index (κ1) is 14.0. The Bertz CT molecular complexity index is 454. The molecule has 0 saturated carbocycles. The zero-order chi connectivity index (χ0) is 13.5. The van der Waals surface area contributed by atoms with Gasteiger partial charge in [-0.15, -0.1) is 0 Å². The van der Waals surface area contributed by atoms with Gasteiger partial charge in [-0.05, 0) is 24.6 Å². The van der Waals surface area contributed by atoms with Crippen molar-refractivity contribution < 1.29 is 14.4 Å². The van der Waals surface area contributed by atoms with E-state index >= 15 is 0 Å². The molecule has 0 amide bonds. The molecular formula is C13H17NO4. The molecule has 0 heterocycles. The first-order valence-corrected chi connectivity index (χ1v) is 5.78. The van der Waals surface area contributed by atoms with Gasteiger partial charge in [0.2, 0.25) is 5.70 Å². The second-order valence-electron chi connectivity index (χ2n) is 3.59. The highest BCUT2D eigenvalue weighted by Gasteiger charge is 2.09. The lowest BCUT2D eigenvalue weighted by molar-refractivity contribution is -0.425. The molecule has 5 nitrogen and oxygen atoms in total. The summed E-state index contributed by atoms with van der Waals surface area (Å²) in [6.45, 7) is 4.18. The van der Waals surface area contributed by atoms with E-state index in [-0.39, 0.29) is 10.6 Å². The van der Waals surface area contributed by atoms with E-state index in [0.29, 0.717) is 24.5 Å². The Labute approximate surface area is 106 Å². The smallest absolute Gasteiger partial charge is 0.246 e. The highest BCUT2D eigenvalue weighted by Crippen LogP contribution is 2.29. The zero-order valence-corrected chi connectivity index (χ0v) is 10.8. The lowest BCUT2D eigenvalue weighted by atomic mass is 10.1. The number of allylic oxidation sites excluding steroid dienone is 1. The van der Waals surface area contributed by atoms with Crippen LogP contribution in [0.5, 0.6) is 11.5 Å². The molecule has 0 spiro atoms. The molecule has 0 aliphatic carbocycles. The molecule has 0 radical (unpaired) electrons. The quantitative estimate of drug-likeness (QED) is 0.575. The van der Waals surface area contributed by atoms with Crippen molar-refractivity contribution in [2.24, 2.45) is 0 Å². The average Bonchev–Trinajstić information content (AvgIpc) is 2.37. The molecule has 98 valence electrons. The van der Waals surface area contributed by atoms with Crippen molar-refractivity contribution in [3.8, 4) is 11.5 Å². The highest BCUT2D eigenvalue weighted by molar-refractivity contribution is 5.57. The molecular weight excluding hydrogens is 234 g/mol. The summed E-state index contributed by atoms with van der Waals surface area (Å²) >= 11 is 0. The van der Waals surface area contributed by atoms with Crippen LogP contribution < -0.4 is 9.47 Å². The monoisotopic (exact) mass is 251 g/mol. The van der Waals surface area contributed by atoms with Gasteiger partial charge < -0.3 is 9.47 Å². The van der Waals surface area contributed by atoms with Crippen LogP contribution in [0, 0.1) is 10.1 Å². The molecule has 1 aromatic carbocycles. The molecule has 0 N–H and O–H groups in total. The van der Waals surface area contributed by atoms with Gasteiger partial charge in [0.25, 0.3) is 0 Å². The van der Waals surface area contributed by atoms with Crippen LogP contribution in [0.1, 0.15) is 25.8 Å². The van der Waals surface area contributed by atoms with Crippen molar-refractivity contribution in [3.63, 3.8) is 0 Å². The van der Waals surface area contributed by atoms with Gasteiger partial charge in [0.05, 0.1) is 18.6 Å². The lowest BCUT2D eigenvalue weighted by Crippen LogP contribution is -1.98. The fraction of sp³-hybridized carbons (Fsp3) is 0.385. The van der Waals surface area contributed by atoms with Gasteiger partial charge in [0.15, 0.2) is 11.5 Å². The molecule has 5 heteroatoms. The molecule has 1 aromatic rings. The Morgan fingerprint density at radius 2 is 2.11 bits per heavy atom. The SMILES string of the molecule is CCOc1ccc(C=C(CC)[N+](=O)[O-])cc1OC. The Hall–Kier alpha value is -2.04. The predicted octanol–water partition coefficient (Wildman–Crippen LogP) is 3.12. The molecule has 0 bridgehead atoms. The van der Waals surface area contributed by atoms with Crippen molar-refractivity contribution in [1.82, 2.24) is 0 Å². The van der Waals surface area contributed by atoms with Gasteiger partial charge in [0, 0.05) is 12.5 Å². The van der Waals surface area contributed by atoms with Gasteiger partial charge in [-0.1, -0.05) is 13.0 Å². The van der Waals surface area contributed by atoms with E-state index in [1.165, 1.54) is 6.08 Å². The highest BCUT2D eigenvalue weighted by atomic mass is 16.6. The van der Waals surface area contributed by atoms with E-state index in [0.717, 1.165) is 5.56 Å². The molecule has 0 aliphatic rings. The van der Waals surface area contributed by atoms with Crippen molar-refractivity contribution >= 4 is 6.08 Å². The summed E-state index contributed by atoms with van der Waals surface area (Å²) in [4.78, 5) is 10.4. The fourth-order valence-electron chi connectivity index (χ4n) is 1.52. The van der Waals surface area contributed by atoms with Crippen LogP contribution in [0.3, 0.4) is 0 Å². The minimum atomic E-state index is -0.372.